The Labute approximate surface area is 98.9 Å². The molecule has 0 bridgehead atoms. The molecule has 0 saturated heterocycles. The summed E-state index contributed by atoms with van der Waals surface area (Å²) in [4.78, 5) is 0. The van der Waals surface area contributed by atoms with E-state index in [0.29, 0.717) is 0 Å². The molecule has 0 aromatic heterocycles. The van der Waals surface area contributed by atoms with Crippen LogP contribution >= 0.6 is 0 Å². The van der Waals surface area contributed by atoms with Gasteiger partial charge in [0.05, 0.1) is 0 Å². The molecule has 1 heteroatoms. The average Bonchev–Trinajstić information content (AvgIpc) is 2.28. The summed E-state index contributed by atoms with van der Waals surface area (Å²) in [6.07, 6.45) is 10.2. The molecule has 1 aromatic carbocycles. The second-order valence-corrected chi connectivity index (χ2v) is 4.50. The quantitative estimate of drug-likeness (QED) is 0.536. The molecular formula is C15H23F. The zero-order valence-electron chi connectivity index (χ0n) is 10.3. The molecule has 0 unspecified atom stereocenters. The van der Waals surface area contributed by atoms with Gasteiger partial charge in [-0.3, -0.25) is 0 Å². The number of halogens is 1. The predicted molar refractivity (Wildman–Crippen MR) is 68.1 cm³/mol. The van der Waals surface area contributed by atoms with E-state index in [1.807, 2.05) is 6.07 Å². The van der Waals surface area contributed by atoms with E-state index < -0.39 is 0 Å². The van der Waals surface area contributed by atoms with Crippen molar-refractivity contribution in [2.45, 2.75) is 58.3 Å². The Bertz CT molecular complexity index is 281. The van der Waals surface area contributed by atoms with Gasteiger partial charge in [0.2, 0.25) is 0 Å². The fourth-order valence-electron chi connectivity index (χ4n) is 1.98. The number of hydrogen-bond acceptors (Lipinski definition) is 0. The smallest absolute Gasteiger partial charge is 0.123 e. The van der Waals surface area contributed by atoms with E-state index in [2.05, 4.69) is 6.92 Å². The van der Waals surface area contributed by atoms with Gasteiger partial charge in [0.15, 0.2) is 0 Å². The van der Waals surface area contributed by atoms with Crippen molar-refractivity contribution < 1.29 is 4.39 Å². The number of hydrogen-bond donors (Lipinski definition) is 0. The van der Waals surface area contributed by atoms with E-state index in [4.69, 9.17) is 0 Å². The van der Waals surface area contributed by atoms with Crippen LogP contribution in [0.25, 0.3) is 0 Å². The van der Waals surface area contributed by atoms with Crippen LogP contribution in [0.4, 0.5) is 4.39 Å². The first-order valence-corrected chi connectivity index (χ1v) is 6.57. The molecule has 0 spiro atoms. The summed E-state index contributed by atoms with van der Waals surface area (Å²) in [6, 6.07) is 6.97. The minimum Gasteiger partial charge on any atom is -0.207 e. The van der Waals surface area contributed by atoms with E-state index in [-0.39, 0.29) is 5.82 Å². The third kappa shape index (κ3) is 5.89. The lowest BCUT2D eigenvalue weighted by atomic mass is 10.0. The largest absolute Gasteiger partial charge is 0.207 e. The van der Waals surface area contributed by atoms with Crippen molar-refractivity contribution in [2.24, 2.45) is 0 Å². The number of benzene rings is 1. The van der Waals surface area contributed by atoms with Crippen molar-refractivity contribution in [1.29, 1.82) is 0 Å². The molecule has 0 radical (unpaired) electrons. The minimum absolute atomic E-state index is 0.111. The fraction of sp³-hybridized carbons (Fsp3) is 0.600. The van der Waals surface area contributed by atoms with Crippen LogP contribution in [0.15, 0.2) is 24.3 Å². The molecule has 1 rings (SSSR count). The Morgan fingerprint density at radius 1 is 0.938 bits per heavy atom. The van der Waals surface area contributed by atoms with E-state index in [9.17, 15) is 4.39 Å². The first-order valence-electron chi connectivity index (χ1n) is 6.57. The van der Waals surface area contributed by atoms with Crippen molar-refractivity contribution in [3.05, 3.63) is 35.6 Å². The SMILES string of the molecule is CCCCCCCCCc1cccc(F)c1. The van der Waals surface area contributed by atoms with Crippen LogP contribution in [-0.4, -0.2) is 0 Å². The Kier molecular flexibility index (Phi) is 6.87. The summed E-state index contributed by atoms with van der Waals surface area (Å²) in [5.74, 6) is -0.111. The van der Waals surface area contributed by atoms with Gasteiger partial charge < -0.3 is 0 Å². The van der Waals surface area contributed by atoms with Crippen LogP contribution in [0.1, 0.15) is 57.4 Å². The minimum atomic E-state index is -0.111. The lowest BCUT2D eigenvalue weighted by molar-refractivity contribution is 0.587. The number of aryl methyl sites for hydroxylation is 1. The van der Waals surface area contributed by atoms with Gasteiger partial charge >= 0.3 is 0 Å². The Morgan fingerprint density at radius 3 is 2.31 bits per heavy atom. The van der Waals surface area contributed by atoms with E-state index in [1.165, 1.54) is 51.0 Å². The lowest BCUT2D eigenvalue weighted by Gasteiger charge is -2.02. The molecule has 0 N–H and O–H groups in total. The number of rotatable bonds is 8. The van der Waals surface area contributed by atoms with Crippen LogP contribution in [0.3, 0.4) is 0 Å². The summed E-state index contributed by atoms with van der Waals surface area (Å²) in [5, 5.41) is 0. The second-order valence-electron chi connectivity index (χ2n) is 4.50. The van der Waals surface area contributed by atoms with Crippen molar-refractivity contribution in [3.8, 4) is 0 Å². The summed E-state index contributed by atoms with van der Waals surface area (Å²) in [6.45, 7) is 2.24. The molecule has 0 heterocycles. The molecular weight excluding hydrogens is 199 g/mol. The Morgan fingerprint density at radius 2 is 1.62 bits per heavy atom. The summed E-state index contributed by atoms with van der Waals surface area (Å²) < 4.78 is 12.9. The lowest BCUT2D eigenvalue weighted by Crippen LogP contribution is -1.87. The molecule has 0 aliphatic carbocycles. The summed E-state index contributed by atoms with van der Waals surface area (Å²) >= 11 is 0. The van der Waals surface area contributed by atoms with Gasteiger partial charge in [-0.2, -0.15) is 0 Å². The maximum absolute atomic E-state index is 12.9. The van der Waals surface area contributed by atoms with Gasteiger partial charge in [0, 0.05) is 0 Å². The summed E-state index contributed by atoms with van der Waals surface area (Å²) in [5.41, 5.74) is 1.13. The van der Waals surface area contributed by atoms with Crippen molar-refractivity contribution >= 4 is 0 Å². The van der Waals surface area contributed by atoms with Crippen LogP contribution < -0.4 is 0 Å². The average molecular weight is 222 g/mol. The van der Waals surface area contributed by atoms with Crippen LogP contribution in [0, 0.1) is 5.82 Å². The highest BCUT2D eigenvalue weighted by atomic mass is 19.1. The maximum atomic E-state index is 12.9. The standard InChI is InChI=1S/C15H23F/c1-2-3-4-5-6-7-8-10-14-11-9-12-15(16)13-14/h9,11-13H,2-8,10H2,1H3. The molecule has 90 valence electrons. The molecule has 0 aliphatic heterocycles. The first-order chi connectivity index (χ1) is 7.83. The van der Waals surface area contributed by atoms with Gasteiger partial charge in [-0.25, -0.2) is 4.39 Å². The van der Waals surface area contributed by atoms with Gasteiger partial charge in [0.25, 0.3) is 0 Å². The van der Waals surface area contributed by atoms with Crippen LogP contribution in [0.2, 0.25) is 0 Å². The highest BCUT2D eigenvalue weighted by Gasteiger charge is 1.95. The molecule has 16 heavy (non-hydrogen) atoms. The van der Waals surface area contributed by atoms with Crippen molar-refractivity contribution in [1.82, 2.24) is 0 Å². The highest BCUT2D eigenvalue weighted by Crippen LogP contribution is 2.11. The Hall–Kier alpha value is -0.850. The molecule has 0 nitrogen and oxygen atoms in total. The van der Waals surface area contributed by atoms with Gasteiger partial charge in [-0.15, -0.1) is 0 Å². The zero-order chi connectivity index (χ0) is 11.6. The van der Waals surface area contributed by atoms with Crippen LogP contribution in [-0.2, 0) is 6.42 Å². The topological polar surface area (TPSA) is 0 Å². The van der Waals surface area contributed by atoms with Crippen molar-refractivity contribution in [2.75, 3.05) is 0 Å². The second kappa shape index (κ2) is 8.32. The monoisotopic (exact) mass is 222 g/mol. The molecule has 0 fully saturated rings. The van der Waals surface area contributed by atoms with Gasteiger partial charge in [-0.05, 0) is 30.5 Å². The van der Waals surface area contributed by atoms with Crippen LogP contribution in [0.5, 0.6) is 0 Å². The normalized spacial score (nSPS) is 10.6. The molecule has 1 aromatic rings. The van der Waals surface area contributed by atoms with E-state index in [1.54, 1.807) is 12.1 Å². The predicted octanol–water partition coefficient (Wildman–Crippen LogP) is 5.12. The van der Waals surface area contributed by atoms with E-state index >= 15 is 0 Å². The number of unbranched alkanes of at least 4 members (excludes halogenated alkanes) is 6. The third-order valence-electron chi connectivity index (χ3n) is 2.96. The highest BCUT2D eigenvalue weighted by molar-refractivity contribution is 5.16. The van der Waals surface area contributed by atoms with E-state index in [0.717, 1.165) is 12.0 Å². The fourth-order valence-corrected chi connectivity index (χ4v) is 1.98. The van der Waals surface area contributed by atoms with Gasteiger partial charge in [-0.1, -0.05) is 57.6 Å². The molecule has 0 aliphatic rings. The molecule has 0 saturated carbocycles. The van der Waals surface area contributed by atoms with Crippen molar-refractivity contribution in [3.63, 3.8) is 0 Å². The third-order valence-corrected chi connectivity index (χ3v) is 2.96. The van der Waals surface area contributed by atoms with Gasteiger partial charge in [0.1, 0.15) is 5.82 Å². The molecule has 0 atom stereocenters. The maximum Gasteiger partial charge on any atom is 0.123 e. The molecule has 0 amide bonds. The zero-order valence-corrected chi connectivity index (χ0v) is 10.3. The summed E-state index contributed by atoms with van der Waals surface area (Å²) in [7, 11) is 0. The first kappa shape index (κ1) is 13.2. The Balaban J connectivity index is 2.03.